The van der Waals surface area contributed by atoms with E-state index in [2.05, 4.69) is 15.4 Å². The Kier molecular flexibility index (Phi) is 6.34. The van der Waals surface area contributed by atoms with Gasteiger partial charge in [0, 0.05) is 24.3 Å². The van der Waals surface area contributed by atoms with Gasteiger partial charge in [-0.3, -0.25) is 14.3 Å². The van der Waals surface area contributed by atoms with Crippen LogP contribution in [0.3, 0.4) is 0 Å². The Hall–Kier alpha value is -2.60. The quantitative estimate of drug-likeness (QED) is 0.599. The third-order valence-electron chi connectivity index (χ3n) is 2.42. The number of hydrogen-bond acceptors (Lipinski definition) is 5. The van der Waals surface area contributed by atoms with E-state index in [1.807, 2.05) is 0 Å². The summed E-state index contributed by atoms with van der Waals surface area (Å²) < 4.78 is 24.4. The van der Waals surface area contributed by atoms with E-state index < -0.39 is 15.9 Å². The third kappa shape index (κ3) is 6.71. The van der Waals surface area contributed by atoms with Gasteiger partial charge < -0.3 is 10.6 Å². The van der Waals surface area contributed by atoms with Crippen LogP contribution in [0.4, 0.5) is 5.69 Å². The highest BCUT2D eigenvalue weighted by Gasteiger charge is 2.07. The Balaban J connectivity index is 2.43. The van der Waals surface area contributed by atoms with Gasteiger partial charge in [0.05, 0.1) is 12.3 Å². The van der Waals surface area contributed by atoms with Crippen molar-refractivity contribution in [1.29, 1.82) is 5.26 Å². The molecule has 2 amide bonds. The minimum atomic E-state index is -3.35. The molecular formula is C13H16N4O4S. The largest absolute Gasteiger partial charge is 0.353 e. The Morgan fingerprint density at radius 2 is 1.73 bits per heavy atom. The number of nitriles is 1. The minimum absolute atomic E-state index is 0.219. The number of rotatable bonds is 7. The lowest BCUT2D eigenvalue weighted by molar-refractivity contribution is -0.120. The van der Waals surface area contributed by atoms with Gasteiger partial charge in [-0.15, -0.1) is 0 Å². The first-order chi connectivity index (χ1) is 10.3. The highest BCUT2D eigenvalue weighted by Crippen LogP contribution is 2.10. The van der Waals surface area contributed by atoms with Crippen LogP contribution in [-0.2, 0) is 14.8 Å². The molecule has 0 radical (unpaired) electrons. The second-order valence-corrected chi connectivity index (χ2v) is 6.14. The number of nitrogens with zero attached hydrogens (tertiary/aromatic N) is 1. The molecule has 0 aliphatic heterocycles. The molecular weight excluding hydrogens is 308 g/mol. The number of anilines is 1. The zero-order valence-corrected chi connectivity index (χ0v) is 12.7. The molecule has 1 aromatic rings. The first kappa shape index (κ1) is 17.5. The Labute approximate surface area is 128 Å². The van der Waals surface area contributed by atoms with E-state index in [0.717, 1.165) is 6.26 Å². The molecule has 0 saturated heterocycles. The molecule has 0 spiro atoms. The zero-order valence-electron chi connectivity index (χ0n) is 11.9. The maximum absolute atomic E-state index is 11.8. The number of benzene rings is 1. The van der Waals surface area contributed by atoms with Crippen molar-refractivity contribution < 1.29 is 18.0 Å². The first-order valence-electron chi connectivity index (χ1n) is 6.31. The summed E-state index contributed by atoms with van der Waals surface area (Å²) in [7, 11) is -3.35. The first-order valence-corrected chi connectivity index (χ1v) is 8.20. The molecule has 1 aromatic carbocycles. The summed E-state index contributed by atoms with van der Waals surface area (Å²) in [5.41, 5.74) is 0.727. The van der Waals surface area contributed by atoms with Gasteiger partial charge in [-0.05, 0) is 24.3 Å². The standard InChI is InChI=1S/C13H16N4O4S/c1-22(20,21)17-11-4-2-10(3-5-11)13(19)16-9-8-15-12(18)6-7-14/h2-5,17H,6,8-9H2,1H3,(H,15,18)(H,16,19). The summed E-state index contributed by atoms with van der Waals surface area (Å²) in [6.45, 7) is 0.444. The van der Waals surface area contributed by atoms with Crippen LogP contribution >= 0.6 is 0 Å². The number of carbonyl (C=O) groups excluding carboxylic acids is 2. The third-order valence-corrected chi connectivity index (χ3v) is 3.03. The van der Waals surface area contributed by atoms with Crippen LogP contribution < -0.4 is 15.4 Å². The number of sulfonamides is 1. The van der Waals surface area contributed by atoms with Crippen LogP contribution in [0.25, 0.3) is 0 Å². The van der Waals surface area contributed by atoms with Crippen molar-refractivity contribution in [1.82, 2.24) is 10.6 Å². The van der Waals surface area contributed by atoms with Crippen molar-refractivity contribution in [3.63, 3.8) is 0 Å². The number of hydrogen-bond donors (Lipinski definition) is 3. The number of amides is 2. The van der Waals surface area contributed by atoms with Gasteiger partial charge in [0.1, 0.15) is 6.42 Å². The molecule has 0 bridgehead atoms. The summed E-state index contributed by atoms with van der Waals surface area (Å²) in [5.74, 6) is -0.742. The summed E-state index contributed by atoms with van der Waals surface area (Å²) in [4.78, 5) is 22.8. The molecule has 118 valence electrons. The van der Waals surface area contributed by atoms with E-state index in [4.69, 9.17) is 5.26 Å². The molecule has 8 nitrogen and oxygen atoms in total. The van der Waals surface area contributed by atoms with Gasteiger partial charge in [-0.25, -0.2) is 8.42 Å². The van der Waals surface area contributed by atoms with Gasteiger partial charge in [-0.2, -0.15) is 5.26 Å². The number of carbonyl (C=O) groups is 2. The lowest BCUT2D eigenvalue weighted by Gasteiger charge is -2.07. The SMILES string of the molecule is CS(=O)(=O)Nc1ccc(C(=O)NCCNC(=O)CC#N)cc1. The molecule has 0 heterocycles. The van der Waals surface area contributed by atoms with Gasteiger partial charge in [0.15, 0.2) is 0 Å². The average molecular weight is 324 g/mol. The topological polar surface area (TPSA) is 128 Å². The predicted octanol–water partition coefficient (Wildman–Crippen LogP) is -0.182. The average Bonchev–Trinajstić information content (AvgIpc) is 2.43. The Morgan fingerprint density at radius 1 is 1.14 bits per heavy atom. The smallest absolute Gasteiger partial charge is 0.251 e. The van der Waals surface area contributed by atoms with Crippen LogP contribution in [0.2, 0.25) is 0 Å². The van der Waals surface area contributed by atoms with Crippen molar-refractivity contribution in [3.8, 4) is 6.07 Å². The zero-order chi connectivity index (χ0) is 16.6. The number of nitrogens with one attached hydrogen (secondary N) is 3. The van der Waals surface area contributed by atoms with Gasteiger partial charge >= 0.3 is 0 Å². The molecule has 9 heteroatoms. The predicted molar refractivity (Wildman–Crippen MR) is 80.5 cm³/mol. The Morgan fingerprint density at radius 3 is 2.27 bits per heavy atom. The van der Waals surface area contributed by atoms with E-state index in [0.29, 0.717) is 11.3 Å². The van der Waals surface area contributed by atoms with Crippen molar-refractivity contribution in [2.24, 2.45) is 0 Å². The van der Waals surface area contributed by atoms with Crippen molar-refractivity contribution in [2.45, 2.75) is 6.42 Å². The van der Waals surface area contributed by atoms with Crippen molar-refractivity contribution >= 4 is 27.5 Å². The fourth-order valence-corrected chi connectivity index (χ4v) is 2.08. The summed E-state index contributed by atoms with van der Waals surface area (Å²) in [5, 5.41) is 13.4. The monoisotopic (exact) mass is 324 g/mol. The second-order valence-electron chi connectivity index (χ2n) is 4.39. The van der Waals surface area contributed by atoms with E-state index in [1.54, 1.807) is 6.07 Å². The van der Waals surface area contributed by atoms with Crippen molar-refractivity contribution in [3.05, 3.63) is 29.8 Å². The fourth-order valence-electron chi connectivity index (χ4n) is 1.52. The summed E-state index contributed by atoms with van der Waals surface area (Å²) >= 11 is 0. The van der Waals surface area contributed by atoms with Gasteiger partial charge in [0.2, 0.25) is 15.9 Å². The van der Waals surface area contributed by atoms with Crippen LogP contribution in [0.1, 0.15) is 16.8 Å². The molecule has 0 unspecified atom stereocenters. The molecule has 0 aliphatic carbocycles. The van der Waals surface area contributed by atoms with Crippen molar-refractivity contribution in [2.75, 3.05) is 24.1 Å². The highest BCUT2D eigenvalue weighted by molar-refractivity contribution is 7.92. The molecule has 0 saturated carbocycles. The van der Waals surface area contributed by atoms with Gasteiger partial charge in [0.25, 0.3) is 5.91 Å². The maximum atomic E-state index is 11.8. The van der Waals surface area contributed by atoms with Crippen LogP contribution in [0.15, 0.2) is 24.3 Å². The van der Waals surface area contributed by atoms with Crippen LogP contribution in [0, 0.1) is 11.3 Å². The second kappa shape index (κ2) is 7.99. The highest BCUT2D eigenvalue weighted by atomic mass is 32.2. The fraction of sp³-hybridized carbons (Fsp3) is 0.308. The molecule has 0 aliphatic rings. The molecule has 0 atom stereocenters. The van der Waals surface area contributed by atoms with Crippen LogP contribution in [0.5, 0.6) is 0 Å². The van der Waals surface area contributed by atoms with Gasteiger partial charge in [-0.1, -0.05) is 0 Å². The van der Waals surface area contributed by atoms with E-state index in [1.165, 1.54) is 24.3 Å². The lowest BCUT2D eigenvalue weighted by Crippen LogP contribution is -2.34. The molecule has 22 heavy (non-hydrogen) atoms. The normalized spacial score (nSPS) is 10.4. The summed E-state index contributed by atoms with van der Waals surface area (Å²) in [6, 6.07) is 7.64. The summed E-state index contributed by atoms with van der Waals surface area (Å²) in [6.07, 6.45) is 0.816. The van der Waals surface area contributed by atoms with Crippen LogP contribution in [-0.4, -0.2) is 39.6 Å². The lowest BCUT2D eigenvalue weighted by atomic mass is 10.2. The minimum Gasteiger partial charge on any atom is -0.353 e. The van der Waals surface area contributed by atoms with E-state index in [-0.39, 0.29) is 25.4 Å². The molecule has 3 N–H and O–H groups in total. The van der Waals surface area contributed by atoms with E-state index in [9.17, 15) is 18.0 Å². The molecule has 0 fully saturated rings. The Bertz CT molecular complexity index is 677. The molecule has 1 rings (SSSR count). The van der Waals surface area contributed by atoms with E-state index >= 15 is 0 Å². The maximum Gasteiger partial charge on any atom is 0.251 e. The molecule has 0 aromatic heterocycles.